The zero-order chi connectivity index (χ0) is 19.7. The van der Waals surface area contributed by atoms with Crippen molar-refractivity contribution in [3.63, 3.8) is 0 Å². The summed E-state index contributed by atoms with van der Waals surface area (Å²) in [5, 5.41) is 11.7. The van der Waals surface area contributed by atoms with E-state index in [0.29, 0.717) is 20.5 Å². The van der Waals surface area contributed by atoms with Crippen molar-refractivity contribution in [2.45, 2.75) is 19.9 Å². The fraction of sp³-hybridized carbons (Fsp3) is 0.222. The van der Waals surface area contributed by atoms with Gasteiger partial charge < -0.3 is 4.90 Å². The first-order chi connectivity index (χ1) is 12.8. The molecule has 1 amide bonds. The van der Waals surface area contributed by atoms with Gasteiger partial charge in [-0.3, -0.25) is 14.9 Å². The number of hydrogen-bond donors (Lipinski definition) is 0. The fourth-order valence-electron chi connectivity index (χ4n) is 2.59. The Morgan fingerprint density at radius 3 is 2.67 bits per heavy atom. The van der Waals surface area contributed by atoms with Crippen molar-refractivity contribution < 1.29 is 9.72 Å². The van der Waals surface area contributed by atoms with Gasteiger partial charge in [0.1, 0.15) is 9.88 Å². The lowest BCUT2D eigenvalue weighted by Crippen LogP contribution is -2.29. The van der Waals surface area contributed by atoms with Crippen molar-refractivity contribution in [1.82, 2.24) is 9.88 Å². The number of aromatic nitrogens is 1. The lowest BCUT2D eigenvalue weighted by Gasteiger charge is -2.25. The van der Waals surface area contributed by atoms with Crippen LogP contribution in [0, 0.1) is 17.0 Å². The number of carbonyl (C=O) groups excluding carboxylic acids is 1. The van der Waals surface area contributed by atoms with Crippen LogP contribution in [0.4, 0.5) is 5.69 Å². The molecule has 1 aromatic carbocycles. The number of benzene rings is 1. The highest BCUT2D eigenvalue weighted by atomic mass is 35.5. The van der Waals surface area contributed by atoms with Crippen LogP contribution in [0.15, 0.2) is 36.4 Å². The van der Waals surface area contributed by atoms with Gasteiger partial charge in [-0.1, -0.05) is 23.7 Å². The molecule has 140 valence electrons. The van der Waals surface area contributed by atoms with Gasteiger partial charge in [0, 0.05) is 19.2 Å². The number of carbonyl (C=O) groups is 1. The minimum Gasteiger partial charge on any atom is -0.334 e. The normalized spacial score (nSPS) is 12.0. The number of halogens is 1. The molecule has 0 saturated carbocycles. The molecule has 0 saturated heterocycles. The van der Waals surface area contributed by atoms with Crippen molar-refractivity contribution in [2.24, 2.45) is 0 Å². The molecule has 0 radical (unpaired) electrons. The number of nitrogens with zero attached hydrogens (tertiary/aromatic N) is 3. The molecule has 2 aromatic heterocycles. The number of aryl methyl sites for hydroxylation is 1. The van der Waals surface area contributed by atoms with Crippen LogP contribution in [0.1, 0.15) is 33.9 Å². The van der Waals surface area contributed by atoms with Gasteiger partial charge in [0.15, 0.2) is 0 Å². The Hall–Kier alpha value is -2.29. The largest absolute Gasteiger partial charge is 0.334 e. The second kappa shape index (κ2) is 7.75. The highest BCUT2D eigenvalue weighted by Crippen LogP contribution is 2.36. The van der Waals surface area contributed by atoms with Gasteiger partial charge in [-0.05, 0) is 31.5 Å². The molecule has 0 fully saturated rings. The van der Waals surface area contributed by atoms with Gasteiger partial charge in [-0.15, -0.1) is 22.7 Å². The minimum atomic E-state index is -0.441. The number of thiophene rings is 1. The van der Waals surface area contributed by atoms with Gasteiger partial charge in [-0.2, -0.15) is 0 Å². The topological polar surface area (TPSA) is 76.3 Å². The Morgan fingerprint density at radius 1 is 1.30 bits per heavy atom. The second-order valence-corrected chi connectivity index (χ2v) is 8.70. The fourth-order valence-corrected chi connectivity index (χ4v) is 4.73. The molecule has 1 atom stereocenters. The van der Waals surface area contributed by atoms with E-state index >= 15 is 0 Å². The highest BCUT2D eigenvalue weighted by Gasteiger charge is 2.25. The van der Waals surface area contributed by atoms with Crippen molar-refractivity contribution >= 4 is 45.9 Å². The molecule has 3 rings (SSSR count). The summed E-state index contributed by atoms with van der Waals surface area (Å²) in [5.74, 6) is -0.169. The summed E-state index contributed by atoms with van der Waals surface area (Å²) in [5.41, 5.74) is 1.36. The van der Waals surface area contributed by atoms with Crippen LogP contribution >= 0.6 is 34.3 Å². The van der Waals surface area contributed by atoms with E-state index in [-0.39, 0.29) is 17.6 Å². The molecule has 1 unspecified atom stereocenters. The Bertz CT molecular complexity index is 1010. The maximum Gasteiger partial charge on any atom is 0.269 e. The summed E-state index contributed by atoms with van der Waals surface area (Å²) in [6.07, 6.45) is 0. The minimum absolute atomic E-state index is 0.00558. The number of nitro groups is 1. The van der Waals surface area contributed by atoms with Crippen LogP contribution in [0.2, 0.25) is 4.34 Å². The van der Waals surface area contributed by atoms with Crippen LogP contribution in [0.5, 0.6) is 0 Å². The lowest BCUT2D eigenvalue weighted by atomic mass is 10.1. The summed E-state index contributed by atoms with van der Waals surface area (Å²) >= 11 is 8.73. The Balaban J connectivity index is 1.86. The molecule has 0 bridgehead atoms. The van der Waals surface area contributed by atoms with Crippen LogP contribution in [-0.4, -0.2) is 27.8 Å². The maximum atomic E-state index is 13.0. The second-order valence-electron chi connectivity index (χ2n) is 5.98. The molecule has 2 heterocycles. The quantitative estimate of drug-likeness (QED) is 0.398. The van der Waals surface area contributed by atoms with E-state index in [1.165, 1.54) is 34.8 Å². The van der Waals surface area contributed by atoms with Gasteiger partial charge >= 0.3 is 0 Å². The molecular formula is C18H16ClN3O3S2. The van der Waals surface area contributed by atoms with Crippen molar-refractivity contribution in [3.8, 4) is 9.88 Å². The number of amides is 1. The van der Waals surface area contributed by atoms with Crippen LogP contribution in [-0.2, 0) is 0 Å². The van der Waals surface area contributed by atoms with E-state index in [1.54, 1.807) is 37.1 Å². The predicted octanol–water partition coefficient (Wildman–Crippen LogP) is 5.57. The van der Waals surface area contributed by atoms with E-state index in [4.69, 9.17) is 11.6 Å². The molecule has 27 heavy (non-hydrogen) atoms. The Morgan fingerprint density at radius 2 is 2.04 bits per heavy atom. The average Bonchev–Trinajstić information content (AvgIpc) is 3.25. The van der Waals surface area contributed by atoms with Crippen LogP contribution < -0.4 is 0 Å². The monoisotopic (exact) mass is 421 g/mol. The molecule has 0 aliphatic carbocycles. The molecular weight excluding hydrogens is 406 g/mol. The number of non-ortho nitro benzene ring substituents is 1. The maximum absolute atomic E-state index is 13.0. The lowest BCUT2D eigenvalue weighted by molar-refractivity contribution is -0.384. The zero-order valence-electron chi connectivity index (χ0n) is 14.8. The third-order valence-corrected chi connectivity index (χ3v) is 6.79. The molecule has 3 aromatic rings. The summed E-state index contributed by atoms with van der Waals surface area (Å²) in [4.78, 5) is 31.1. The smallest absolute Gasteiger partial charge is 0.269 e. The molecule has 6 nitrogen and oxygen atoms in total. The first kappa shape index (κ1) is 19.5. The van der Waals surface area contributed by atoms with Crippen molar-refractivity contribution in [1.29, 1.82) is 0 Å². The first-order valence-electron chi connectivity index (χ1n) is 8.02. The van der Waals surface area contributed by atoms with E-state index in [1.807, 2.05) is 13.0 Å². The SMILES string of the molecule is Cc1nc(-c2ccc(Cl)s2)sc1C(=O)N(C)C(C)c1cccc([N+](=O)[O-])c1. The van der Waals surface area contributed by atoms with Crippen molar-refractivity contribution in [2.75, 3.05) is 7.05 Å². The van der Waals surface area contributed by atoms with Crippen LogP contribution in [0.3, 0.4) is 0 Å². The number of hydrogen-bond acceptors (Lipinski definition) is 6. The summed E-state index contributed by atoms with van der Waals surface area (Å²) in [6, 6.07) is 9.69. The van der Waals surface area contributed by atoms with Gasteiger partial charge in [0.25, 0.3) is 11.6 Å². The zero-order valence-corrected chi connectivity index (χ0v) is 17.2. The molecule has 0 aliphatic heterocycles. The molecule has 0 N–H and O–H groups in total. The Kier molecular flexibility index (Phi) is 5.59. The molecule has 0 spiro atoms. The summed E-state index contributed by atoms with van der Waals surface area (Å²) < 4.78 is 0.669. The standard InChI is InChI=1S/C18H16ClN3O3S2/c1-10-16(27-17(20-10)14-7-8-15(19)26-14)18(23)21(3)11(2)12-5-4-6-13(9-12)22(24)25/h4-9,11H,1-3H3. The molecule has 9 heteroatoms. The third-order valence-electron chi connectivity index (χ3n) is 4.24. The third kappa shape index (κ3) is 4.02. The van der Waals surface area contributed by atoms with Gasteiger partial charge in [0.2, 0.25) is 0 Å². The van der Waals surface area contributed by atoms with E-state index in [9.17, 15) is 14.9 Å². The van der Waals surface area contributed by atoms with E-state index in [0.717, 1.165) is 9.88 Å². The first-order valence-corrected chi connectivity index (χ1v) is 10.0. The highest BCUT2D eigenvalue weighted by molar-refractivity contribution is 7.24. The van der Waals surface area contributed by atoms with E-state index in [2.05, 4.69) is 4.98 Å². The number of rotatable bonds is 5. The summed E-state index contributed by atoms with van der Waals surface area (Å²) in [6.45, 7) is 3.64. The Labute approximate surface area is 169 Å². The number of thiazole rings is 1. The van der Waals surface area contributed by atoms with E-state index < -0.39 is 4.92 Å². The molecule has 0 aliphatic rings. The predicted molar refractivity (Wildman–Crippen MR) is 109 cm³/mol. The van der Waals surface area contributed by atoms with Gasteiger partial charge in [-0.25, -0.2) is 4.98 Å². The van der Waals surface area contributed by atoms with Gasteiger partial charge in [0.05, 0.1) is 25.9 Å². The van der Waals surface area contributed by atoms with Crippen molar-refractivity contribution in [3.05, 3.63) is 67.0 Å². The number of nitro benzene ring substituents is 1. The average molecular weight is 422 g/mol. The van der Waals surface area contributed by atoms with Crippen LogP contribution in [0.25, 0.3) is 9.88 Å². The summed E-state index contributed by atoms with van der Waals surface area (Å²) in [7, 11) is 1.69.